The lowest BCUT2D eigenvalue weighted by atomic mass is 10.2. The SMILES string of the molecule is C=CCN(CC=C)C(=O)/C(C#N)=C\N(C)Cc1ccccc1. The van der Waals surface area contributed by atoms with Crippen molar-refractivity contribution in [2.75, 3.05) is 20.1 Å². The first-order chi connectivity index (χ1) is 10.6. The van der Waals surface area contributed by atoms with E-state index in [4.69, 9.17) is 0 Å². The molecule has 114 valence electrons. The quantitative estimate of drug-likeness (QED) is 0.421. The summed E-state index contributed by atoms with van der Waals surface area (Å²) in [5, 5.41) is 9.25. The fourth-order valence-electron chi connectivity index (χ4n) is 1.99. The topological polar surface area (TPSA) is 47.3 Å². The lowest BCUT2D eigenvalue weighted by molar-refractivity contribution is -0.125. The molecule has 0 fully saturated rings. The van der Waals surface area contributed by atoms with Crippen LogP contribution in [-0.4, -0.2) is 35.8 Å². The van der Waals surface area contributed by atoms with Gasteiger partial charge in [-0.15, -0.1) is 13.2 Å². The Balaban J connectivity index is 2.84. The van der Waals surface area contributed by atoms with E-state index in [1.165, 1.54) is 4.90 Å². The predicted molar refractivity (Wildman–Crippen MR) is 88.6 cm³/mol. The van der Waals surface area contributed by atoms with Gasteiger partial charge in [0.2, 0.25) is 0 Å². The van der Waals surface area contributed by atoms with Crippen LogP contribution in [0.4, 0.5) is 0 Å². The fourth-order valence-corrected chi connectivity index (χ4v) is 1.99. The van der Waals surface area contributed by atoms with E-state index < -0.39 is 0 Å². The van der Waals surface area contributed by atoms with Gasteiger partial charge in [-0.05, 0) is 5.56 Å². The summed E-state index contributed by atoms with van der Waals surface area (Å²) in [6.45, 7) is 8.64. The minimum atomic E-state index is -0.317. The number of rotatable bonds is 8. The average molecular weight is 295 g/mol. The Hall–Kier alpha value is -2.80. The Morgan fingerprint density at radius 3 is 2.32 bits per heavy atom. The molecule has 0 N–H and O–H groups in total. The Bertz CT molecular complexity index is 574. The van der Waals surface area contributed by atoms with Crippen LogP contribution in [0, 0.1) is 11.3 Å². The third kappa shape index (κ3) is 5.29. The molecular weight excluding hydrogens is 274 g/mol. The summed E-state index contributed by atoms with van der Waals surface area (Å²) in [4.78, 5) is 15.7. The highest BCUT2D eigenvalue weighted by molar-refractivity contribution is 5.97. The summed E-state index contributed by atoms with van der Waals surface area (Å²) >= 11 is 0. The molecule has 4 heteroatoms. The van der Waals surface area contributed by atoms with Crippen LogP contribution >= 0.6 is 0 Å². The summed E-state index contributed by atoms with van der Waals surface area (Å²) in [5.74, 6) is -0.317. The van der Waals surface area contributed by atoms with Crippen LogP contribution in [0.15, 0.2) is 67.4 Å². The van der Waals surface area contributed by atoms with Crippen molar-refractivity contribution < 1.29 is 4.79 Å². The Labute approximate surface area is 132 Å². The summed E-state index contributed by atoms with van der Waals surface area (Å²) in [6, 6.07) is 11.8. The van der Waals surface area contributed by atoms with E-state index in [0.717, 1.165) is 5.56 Å². The molecule has 0 aromatic heterocycles. The third-order valence-corrected chi connectivity index (χ3v) is 2.96. The van der Waals surface area contributed by atoms with Crippen molar-refractivity contribution in [1.29, 1.82) is 5.26 Å². The normalized spacial score (nSPS) is 10.5. The van der Waals surface area contributed by atoms with E-state index in [1.54, 1.807) is 18.4 Å². The maximum atomic E-state index is 12.4. The molecule has 1 rings (SSSR count). The monoisotopic (exact) mass is 295 g/mol. The minimum absolute atomic E-state index is 0.0992. The minimum Gasteiger partial charge on any atom is -0.375 e. The van der Waals surface area contributed by atoms with E-state index in [0.29, 0.717) is 19.6 Å². The molecule has 0 unspecified atom stereocenters. The lowest BCUT2D eigenvalue weighted by Gasteiger charge is -2.20. The number of benzene rings is 1. The van der Waals surface area contributed by atoms with Gasteiger partial charge < -0.3 is 9.80 Å². The molecule has 0 bridgehead atoms. The van der Waals surface area contributed by atoms with Crippen LogP contribution < -0.4 is 0 Å². The second kappa shape index (κ2) is 9.19. The number of nitriles is 1. The van der Waals surface area contributed by atoms with Gasteiger partial charge in [0.25, 0.3) is 5.91 Å². The smallest absolute Gasteiger partial charge is 0.266 e. The van der Waals surface area contributed by atoms with Gasteiger partial charge in [-0.2, -0.15) is 5.26 Å². The van der Waals surface area contributed by atoms with Crippen LogP contribution in [-0.2, 0) is 11.3 Å². The zero-order valence-electron chi connectivity index (χ0n) is 12.9. The second-order valence-electron chi connectivity index (χ2n) is 4.84. The molecule has 0 spiro atoms. The molecule has 22 heavy (non-hydrogen) atoms. The van der Waals surface area contributed by atoms with Gasteiger partial charge in [0.1, 0.15) is 11.6 Å². The number of carbonyl (C=O) groups excluding carboxylic acids is 1. The van der Waals surface area contributed by atoms with E-state index in [9.17, 15) is 10.1 Å². The maximum absolute atomic E-state index is 12.4. The third-order valence-electron chi connectivity index (χ3n) is 2.96. The molecule has 0 aliphatic carbocycles. The number of hydrogen-bond acceptors (Lipinski definition) is 3. The van der Waals surface area contributed by atoms with Gasteiger partial charge in [-0.3, -0.25) is 4.79 Å². The van der Waals surface area contributed by atoms with Crippen molar-refractivity contribution in [1.82, 2.24) is 9.80 Å². The molecule has 1 aromatic carbocycles. The Morgan fingerprint density at radius 2 is 1.82 bits per heavy atom. The number of amides is 1. The van der Waals surface area contributed by atoms with E-state index in [1.807, 2.05) is 48.3 Å². The van der Waals surface area contributed by atoms with Gasteiger partial charge in [-0.25, -0.2) is 0 Å². The van der Waals surface area contributed by atoms with E-state index >= 15 is 0 Å². The molecule has 0 aliphatic rings. The molecule has 0 atom stereocenters. The number of hydrogen-bond donors (Lipinski definition) is 0. The van der Waals surface area contributed by atoms with Crippen molar-refractivity contribution >= 4 is 5.91 Å². The van der Waals surface area contributed by atoms with Crippen LogP contribution in [0.1, 0.15) is 5.56 Å². The summed E-state index contributed by atoms with van der Waals surface area (Å²) in [5.41, 5.74) is 1.21. The first kappa shape index (κ1) is 17.3. The number of nitrogens with zero attached hydrogens (tertiary/aromatic N) is 3. The maximum Gasteiger partial charge on any atom is 0.266 e. The highest BCUT2D eigenvalue weighted by atomic mass is 16.2. The molecule has 0 aliphatic heterocycles. The lowest BCUT2D eigenvalue weighted by Crippen LogP contribution is -2.32. The average Bonchev–Trinajstić information content (AvgIpc) is 2.52. The standard InChI is InChI=1S/C18H21N3O/c1-4-11-21(12-5-2)18(22)17(13-19)15-20(3)14-16-9-7-6-8-10-16/h4-10,15H,1-2,11-12,14H2,3H3/b17-15-. The van der Waals surface area contributed by atoms with Crippen molar-refractivity contribution in [2.24, 2.45) is 0 Å². The van der Waals surface area contributed by atoms with E-state index in [2.05, 4.69) is 13.2 Å². The molecule has 4 nitrogen and oxygen atoms in total. The van der Waals surface area contributed by atoms with Gasteiger partial charge in [-0.1, -0.05) is 42.5 Å². The number of carbonyl (C=O) groups is 1. The molecule has 1 amide bonds. The largest absolute Gasteiger partial charge is 0.375 e. The molecule has 0 saturated heterocycles. The fraction of sp³-hybridized carbons (Fsp3) is 0.222. The second-order valence-corrected chi connectivity index (χ2v) is 4.84. The first-order valence-electron chi connectivity index (χ1n) is 6.99. The van der Waals surface area contributed by atoms with Crippen LogP contribution in [0.5, 0.6) is 0 Å². The zero-order chi connectivity index (χ0) is 16.4. The predicted octanol–water partition coefficient (Wildman–Crippen LogP) is 2.73. The molecule has 0 heterocycles. The summed E-state index contributed by atoms with van der Waals surface area (Å²) in [7, 11) is 1.84. The van der Waals surface area contributed by atoms with Crippen molar-refractivity contribution in [3.63, 3.8) is 0 Å². The van der Waals surface area contributed by atoms with Crippen LogP contribution in [0.3, 0.4) is 0 Å². The van der Waals surface area contributed by atoms with Crippen molar-refractivity contribution in [3.8, 4) is 6.07 Å². The summed E-state index contributed by atoms with van der Waals surface area (Å²) < 4.78 is 0. The molecule has 1 aromatic rings. The Kier molecular flexibility index (Phi) is 7.21. The highest BCUT2D eigenvalue weighted by Crippen LogP contribution is 2.07. The Morgan fingerprint density at radius 1 is 1.23 bits per heavy atom. The van der Waals surface area contributed by atoms with Crippen LogP contribution in [0.2, 0.25) is 0 Å². The van der Waals surface area contributed by atoms with Gasteiger partial charge in [0, 0.05) is 32.9 Å². The first-order valence-corrected chi connectivity index (χ1v) is 6.99. The van der Waals surface area contributed by atoms with Gasteiger partial charge in [0.05, 0.1) is 0 Å². The zero-order valence-corrected chi connectivity index (χ0v) is 12.9. The van der Waals surface area contributed by atoms with Crippen LogP contribution in [0.25, 0.3) is 0 Å². The molecule has 0 saturated carbocycles. The van der Waals surface area contributed by atoms with Crippen molar-refractivity contribution in [2.45, 2.75) is 6.54 Å². The highest BCUT2D eigenvalue weighted by Gasteiger charge is 2.16. The van der Waals surface area contributed by atoms with Gasteiger partial charge >= 0.3 is 0 Å². The molecule has 0 radical (unpaired) electrons. The van der Waals surface area contributed by atoms with Crippen molar-refractivity contribution in [3.05, 3.63) is 73.0 Å². The summed E-state index contributed by atoms with van der Waals surface area (Å²) in [6.07, 6.45) is 4.84. The molecular formula is C18H21N3O. The van der Waals surface area contributed by atoms with Gasteiger partial charge in [0.15, 0.2) is 0 Å². The van der Waals surface area contributed by atoms with E-state index in [-0.39, 0.29) is 11.5 Å².